The number of benzene rings is 1. The number of carbonyl (C=O) groups is 1. The van der Waals surface area contributed by atoms with Crippen molar-refractivity contribution in [3.63, 3.8) is 0 Å². The molecule has 2 heterocycles. The predicted molar refractivity (Wildman–Crippen MR) is 90.9 cm³/mol. The van der Waals surface area contributed by atoms with Gasteiger partial charge in [-0.1, -0.05) is 12.1 Å². The van der Waals surface area contributed by atoms with Crippen molar-refractivity contribution in [1.29, 1.82) is 0 Å². The Balaban J connectivity index is 1.96. The summed E-state index contributed by atoms with van der Waals surface area (Å²) in [5.74, 6) is 0.221. The molecule has 1 aromatic heterocycles. The number of morpholine rings is 1. The molecule has 1 radical (unpaired) electrons. The summed E-state index contributed by atoms with van der Waals surface area (Å²) in [6.07, 6.45) is 0. The molecule has 1 amide bonds. The fourth-order valence-corrected chi connectivity index (χ4v) is 4.24. The zero-order chi connectivity index (χ0) is 16.4. The van der Waals surface area contributed by atoms with E-state index < -0.39 is 0 Å². The SMILES string of the molecule is COc1cccc(-c2sc(C(=O)N3CCOCC3)c([O])c2Br)c1. The lowest BCUT2D eigenvalue weighted by molar-refractivity contribution is 0.0303. The highest BCUT2D eigenvalue weighted by Crippen LogP contribution is 2.46. The van der Waals surface area contributed by atoms with Gasteiger partial charge in [-0.15, -0.1) is 11.3 Å². The van der Waals surface area contributed by atoms with Crippen LogP contribution in [0, 0.1) is 0 Å². The van der Waals surface area contributed by atoms with Gasteiger partial charge >= 0.3 is 0 Å². The van der Waals surface area contributed by atoms with Crippen LogP contribution in [-0.2, 0) is 9.84 Å². The van der Waals surface area contributed by atoms with Crippen molar-refractivity contribution >= 4 is 33.2 Å². The van der Waals surface area contributed by atoms with Crippen LogP contribution in [0.3, 0.4) is 0 Å². The molecule has 0 spiro atoms. The first-order chi connectivity index (χ1) is 11.1. The molecule has 23 heavy (non-hydrogen) atoms. The van der Waals surface area contributed by atoms with Gasteiger partial charge in [-0.25, -0.2) is 0 Å². The third kappa shape index (κ3) is 3.22. The molecule has 7 heteroatoms. The smallest absolute Gasteiger partial charge is 0.268 e. The molecule has 0 atom stereocenters. The van der Waals surface area contributed by atoms with Crippen LogP contribution in [0.25, 0.3) is 10.4 Å². The minimum Gasteiger partial charge on any atom is -0.497 e. The van der Waals surface area contributed by atoms with Gasteiger partial charge in [0.05, 0.1) is 29.7 Å². The molecule has 0 saturated carbocycles. The first-order valence-corrected chi connectivity index (χ1v) is 8.73. The standard InChI is InChI=1S/C16H15BrNO4S/c1-21-11-4-2-3-10(9-11)14-12(17)13(19)15(23-14)16(20)18-5-7-22-8-6-18/h2-4,9H,5-8H2,1H3. The van der Waals surface area contributed by atoms with Crippen LogP contribution in [0.1, 0.15) is 9.67 Å². The number of carbonyl (C=O) groups excluding carboxylic acids is 1. The maximum Gasteiger partial charge on any atom is 0.268 e. The van der Waals surface area contributed by atoms with E-state index in [0.717, 1.165) is 10.4 Å². The molecule has 0 unspecified atom stereocenters. The van der Waals surface area contributed by atoms with Gasteiger partial charge < -0.3 is 14.4 Å². The largest absolute Gasteiger partial charge is 0.497 e. The maximum absolute atomic E-state index is 12.6. The summed E-state index contributed by atoms with van der Waals surface area (Å²) in [6.45, 7) is 2.05. The zero-order valence-electron chi connectivity index (χ0n) is 12.5. The molecule has 121 valence electrons. The second-order valence-electron chi connectivity index (χ2n) is 5.04. The van der Waals surface area contributed by atoms with E-state index in [0.29, 0.717) is 36.5 Å². The highest BCUT2D eigenvalue weighted by Gasteiger charge is 2.28. The minimum absolute atomic E-state index is 0.224. The molecule has 0 aliphatic carbocycles. The summed E-state index contributed by atoms with van der Waals surface area (Å²) in [6, 6.07) is 7.43. The number of methoxy groups -OCH3 is 1. The number of thiophene rings is 1. The number of nitrogens with zero attached hydrogens (tertiary/aromatic N) is 1. The summed E-state index contributed by atoms with van der Waals surface area (Å²) in [7, 11) is 1.59. The lowest BCUT2D eigenvalue weighted by Crippen LogP contribution is -2.40. The van der Waals surface area contributed by atoms with Crippen molar-refractivity contribution in [3.8, 4) is 21.9 Å². The van der Waals surface area contributed by atoms with Crippen molar-refractivity contribution in [2.75, 3.05) is 33.4 Å². The van der Waals surface area contributed by atoms with E-state index in [4.69, 9.17) is 9.47 Å². The third-order valence-electron chi connectivity index (χ3n) is 3.63. The van der Waals surface area contributed by atoms with Gasteiger partial charge in [0.1, 0.15) is 10.6 Å². The number of ether oxygens (including phenoxy) is 2. The molecule has 1 fully saturated rings. The Labute approximate surface area is 146 Å². The number of halogens is 1. The zero-order valence-corrected chi connectivity index (χ0v) is 14.9. The molecule has 1 aliphatic heterocycles. The molecule has 1 aliphatic rings. The van der Waals surface area contributed by atoms with E-state index in [1.54, 1.807) is 12.0 Å². The number of hydrogen-bond acceptors (Lipinski definition) is 4. The van der Waals surface area contributed by atoms with Crippen molar-refractivity contribution in [1.82, 2.24) is 4.90 Å². The van der Waals surface area contributed by atoms with Crippen molar-refractivity contribution in [2.24, 2.45) is 0 Å². The molecular formula is C16H15BrNO4S. The molecule has 5 nitrogen and oxygen atoms in total. The average Bonchev–Trinajstić information content (AvgIpc) is 2.90. The van der Waals surface area contributed by atoms with Crippen molar-refractivity contribution in [2.45, 2.75) is 0 Å². The second kappa shape index (κ2) is 6.90. The van der Waals surface area contributed by atoms with Crippen molar-refractivity contribution in [3.05, 3.63) is 33.6 Å². The normalized spacial score (nSPS) is 14.8. The van der Waals surface area contributed by atoms with Crippen LogP contribution in [0.5, 0.6) is 11.5 Å². The van der Waals surface area contributed by atoms with Gasteiger partial charge in [0, 0.05) is 13.1 Å². The van der Waals surface area contributed by atoms with E-state index in [1.165, 1.54) is 11.3 Å². The van der Waals surface area contributed by atoms with Gasteiger partial charge in [0.2, 0.25) is 5.75 Å². The molecule has 0 bridgehead atoms. The van der Waals surface area contributed by atoms with E-state index >= 15 is 0 Å². The lowest BCUT2D eigenvalue weighted by Gasteiger charge is -2.26. The molecular weight excluding hydrogens is 382 g/mol. The van der Waals surface area contributed by atoms with Crippen LogP contribution in [0.4, 0.5) is 0 Å². The first kappa shape index (κ1) is 16.3. The summed E-state index contributed by atoms with van der Waals surface area (Å²) in [5.41, 5.74) is 0.847. The van der Waals surface area contributed by atoms with Crippen LogP contribution in [0.2, 0.25) is 0 Å². The average molecular weight is 397 g/mol. The van der Waals surface area contributed by atoms with Gasteiger partial charge in [0.25, 0.3) is 5.91 Å². The Morgan fingerprint density at radius 1 is 1.35 bits per heavy atom. The second-order valence-corrected chi connectivity index (χ2v) is 6.85. The fraction of sp³-hybridized carbons (Fsp3) is 0.312. The van der Waals surface area contributed by atoms with E-state index in [-0.39, 0.29) is 16.5 Å². The summed E-state index contributed by atoms with van der Waals surface area (Å²) in [5, 5.41) is 12.5. The van der Waals surface area contributed by atoms with E-state index in [9.17, 15) is 9.90 Å². The van der Waals surface area contributed by atoms with Crippen LogP contribution in [-0.4, -0.2) is 44.2 Å². The molecule has 3 rings (SSSR count). The van der Waals surface area contributed by atoms with Crippen LogP contribution >= 0.6 is 27.3 Å². The predicted octanol–water partition coefficient (Wildman–Crippen LogP) is 3.80. The molecule has 1 aromatic carbocycles. The Morgan fingerprint density at radius 2 is 2.09 bits per heavy atom. The number of hydrogen-bond donors (Lipinski definition) is 0. The Kier molecular flexibility index (Phi) is 4.89. The molecule has 1 saturated heterocycles. The highest BCUT2D eigenvalue weighted by molar-refractivity contribution is 9.10. The summed E-state index contributed by atoms with van der Waals surface area (Å²) in [4.78, 5) is 15.2. The lowest BCUT2D eigenvalue weighted by atomic mass is 10.2. The monoisotopic (exact) mass is 396 g/mol. The van der Waals surface area contributed by atoms with Crippen LogP contribution in [0.15, 0.2) is 28.7 Å². The molecule has 2 aromatic rings. The minimum atomic E-state index is -0.260. The Morgan fingerprint density at radius 3 is 2.78 bits per heavy atom. The quantitative estimate of drug-likeness (QED) is 0.792. The number of rotatable bonds is 3. The molecule has 0 N–H and O–H groups in total. The highest BCUT2D eigenvalue weighted by atomic mass is 79.9. The Hall–Kier alpha value is -1.57. The first-order valence-electron chi connectivity index (χ1n) is 7.12. The third-order valence-corrected chi connectivity index (χ3v) is 5.86. The van der Waals surface area contributed by atoms with E-state index in [1.807, 2.05) is 24.3 Å². The van der Waals surface area contributed by atoms with Crippen molar-refractivity contribution < 1.29 is 19.4 Å². The van der Waals surface area contributed by atoms with E-state index in [2.05, 4.69) is 15.9 Å². The fourth-order valence-electron chi connectivity index (χ4n) is 2.40. The van der Waals surface area contributed by atoms with Gasteiger partial charge in [0.15, 0.2) is 0 Å². The number of amides is 1. The van der Waals surface area contributed by atoms with Gasteiger partial charge in [-0.2, -0.15) is 0 Å². The summed E-state index contributed by atoms with van der Waals surface area (Å²) >= 11 is 4.55. The van der Waals surface area contributed by atoms with Gasteiger partial charge in [-0.05, 0) is 33.6 Å². The maximum atomic E-state index is 12.6. The van der Waals surface area contributed by atoms with Crippen LogP contribution < -0.4 is 4.74 Å². The summed E-state index contributed by atoms with van der Waals surface area (Å²) < 4.78 is 10.9. The van der Waals surface area contributed by atoms with Gasteiger partial charge in [-0.3, -0.25) is 9.90 Å². The Bertz CT molecular complexity index is 725. The topological polar surface area (TPSA) is 58.7 Å².